The number of rotatable bonds is 4. The van der Waals surface area contributed by atoms with E-state index in [4.69, 9.17) is 4.74 Å². The largest absolute Gasteiger partial charge is 0.460 e. The second kappa shape index (κ2) is 5.55. The summed E-state index contributed by atoms with van der Waals surface area (Å²) in [5, 5.41) is 0. The van der Waals surface area contributed by atoms with Gasteiger partial charge in [0, 0.05) is 18.8 Å². The van der Waals surface area contributed by atoms with Crippen LogP contribution in [-0.2, 0) is 23.8 Å². The monoisotopic (exact) mass is 314 g/mol. The van der Waals surface area contributed by atoms with Crippen molar-refractivity contribution in [2.45, 2.75) is 45.1 Å². The van der Waals surface area contributed by atoms with Crippen LogP contribution in [0.2, 0.25) is 0 Å². The van der Waals surface area contributed by atoms with Gasteiger partial charge in [-0.2, -0.15) is 8.42 Å². The highest BCUT2D eigenvalue weighted by atomic mass is 32.2. The zero-order valence-corrected chi connectivity index (χ0v) is 12.8. The third kappa shape index (κ3) is 5.70. The molecule has 0 bridgehead atoms. The van der Waals surface area contributed by atoms with E-state index in [1.807, 2.05) is 0 Å². The van der Waals surface area contributed by atoms with E-state index in [0.29, 0.717) is 0 Å². The minimum absolute atomic E-state index is 0.432. The van der Waals surface area contributed by atoms with Gasteiger partial charge in [-0.05, 0) is 20.8 Å². The Hall–Kier alpha value is -0.760. The van der Waals surface area contributed by atoms with E-state index in [1.165, 1.54) is 0 Å². The van der Waals surface area contributed by atoms with Crippen LogP contribution in [0.3, 0.4) is 0 Å². The number of hydrogen-bond acceptors (Lipinski definition) is 5. The molecule has 8 heteroatoms. The molecule has 0 saturated heterocycles. The van der Waals surface area contributed by atoms with Gasteiger partial charge in [0.25, 0.3) is 10.1 Å². The first kappa shape index (κ1) is 17.3. The summed E-state index contributed by atoms with van der Waals surface area (Å²) in [5.41, 5.74) is -0.781. The fraction of sp³-hybridized carbons (Fsp3) is 0.917. The topological polar surface area (TPSA) is 69.7 Å². The van der Waals surface area contributed by atoms with E-state index in [1.54, 1.807) is 20.8 Å². The lowest BCUT2D eigenvalue weighted by molar-refractivity contribution is -0.162. The molecular formula is C12H20F2O5S. The van der Waals surface area contributed by atoms with Gasteiger partial charge in [0.1, 0.15) is 5.60 Å². The van der Waals surface area contributed by atoms with Gasteiger partial charge in [-0.15, -0.1) is 0 Å². The highest BCUT2D eigenvalue weighted by Crippen LogP contribution is 2.44. The van der Waals surface area contributed by atoms with Crippen LogP contribution >= 0.6 is 0 Å². The number of esters is 1. The lowest BCUT2D eigenvalue weighted by Crippen LogP contribution is -2.32. The minimum Gasteiger partial charge on any atom is -0.460 e. The molecule has 0 radical (unpaired) electrons. The highest BCUT2D eigenvalue weighted by molar-refractivity contribution is 7.85. The second-order valence-electron chi connectivity index (χ2n) is 6.15. The van der Waals surface area contributed by atoms with Crippen molar-refractivity contribution < 1.29 is 30.9 Å². The molecule has 1 fully saturated rings. The van der Waals surface area contributed by atoms with Crippen molar-refractivity contribution in [3.8, 4) is 0 Å². The molecule has 0 aromatic carbocycles. The molecule has 1 saturated carbocycles. The van der Waals surface area contributed by atoms with E-state index in [0.717, 1.165) is 6.26 Å². The molecule has 118 valence electrons. The van der Waals surface area contributed by atoms with Gasteiger partial charge in [0.05, 0.1) is 18.8 Å². The normalized spacial score (nSPS) is 26.5. The Balaban J connectivity index is 2.77. The molecular weight excluding hydrogens is 294 g/mol. The summed E-state index contributed by atoms with van der Waals surface area (Å²) in [6, 6.07) is 0. The van der Waals surface area contributed by atoms with Crippen LogP contribution in [-0.4, -0.2) is 38.8 Å². The van der Waals surface area contributed by atoms with Crippen LogP contribution in [0.15, 0.2) is 0 Å². The molecule has 0 heterocycles. The number of halogens is 2. The molecule has 1 aliphatic rings. The van der Waals surface area contributed by atoms with Gasteiger partial charge in [0.15, 0.2) is 0 Å². The Morgan fingerprint density at radius 2 is 1.85 bits per heavy atom. The maximum absolute atomic E-state index is 13.4. The van der Waals surface area contributed by atoms with Gasteiger partial charge in [-0.3, -0.25) is 8.98 Å². The summed E-state index contributed by atoms with van der Waals surface area (Å²) >= 11 is 0. The minimum atomic E-state index is -3.73. The fourth-order valence-corrected chi connectivity index (χ4v) is 2.56. The molecule has 2 atom stereocenters. The number of carbonyl (C=O) groups excluding carboxylic acids is 1. The summed E-state index contributed by atoms with van der Waals surface area (Å²) < 4.78 is 58.4. The molecule has 0 N–H and O–H groups in total. The van der Waals surface area contributed by atoms with Crippen molar-refractivity contribution in [2.75, 3.05) is 12.9 Å². The summed E-state index contributed by atoms with van der Waals surface area (Å²) in [7, 11) is -3.73. The van der Waals surface area contributed by atoms with Crippen molar-refractivity contribution >= 4 is 16.1 Å². The number of carbonyl (C=O) groups is 1. The van der Waals surface area contributed by atoms with Crippen molar-refractivity contribution in [1.29, 1.82) is 0 Å². The van der Waals surface area contributed by atoms with Crippen LogP contribution in [0.5, 0.6) is 0 Å². The highest BCUT2D eigenvalue weighted by Gasteiger charge is 2.50. The molecule has 1 unspecified atom stereocenters. The molecule has 5 nitrogen and oxygen atoms in total. The first-order chi connectivity index (χ1) is 8.79. The summed E-state index contributed by atoms with van der Waals surface area (Å²) in [6.07, 6.45) is -0.380. The zero-order chi connectivity index (χ0) is 15.8. The Morgan fingerprint density at radius 3 is 2.30 bits per heavy atom. The maximum Gasteiger partial charge on any atom is 0.310 e. The predicted molar refractivity (Wildman–Crippen MR) is 67.8 cm³/mol. The molecule has 1 rings (SSSR count). The summed E-state index contributed by atoms with van der Waals surface area (Å²) in [4.78, 5) is 11.9. The van der Waals surface area contributed by atoms with Gasteiger partial charge in [0.2, 0.25) is 5.92 Å². The third-order valence-corrected chi connectivity index (χ3v) is 3.42. The third-order valence-electron chi connectivity index (χ3n) is 2.85. The lowest BCUT2D eigenvalue weighted by atomic mass is 9.97. The Labute approximate surface area is 117 Å². The Morgan fingerprint density at radius 1 is 1.30 bits per heavy atom. The first-order valence-electron chi connectivity index (χ1n) is 6.24. The lowest BCUT2D eigenvalue weighted by Gasteiger charge is -2.24. The number of hydrogen-bond donors (Lipinski definition) is 0. The van der Waals surface area contributed by atoms with Crippen LogP contribution in [0.1, 0.15) is 33.6 Å². The smallest absolute Gasteiger partial charge is 0.310 e. The van der Waals surface area contributed by atoms with Crippen molar-refractivity contribution in [3.63, 3.8) is 0 Å². The summed E-state index contributed by atoms with van der Waals surface area (Å²) in [6.45, 7) is 4.48. The van der Waals surface area contributed by atoms with Gasteiger partial charge in [-0.25, -0.2) is 8.78 Å². The van der Waals surface area contributed by atoms with Crippen LogP contribution in [0, 0.1) is 11.8 Å². The van der Waals surface area contributed by atoms with E-state index >= 15 is 0 Å². The SMILES string of the molecule is CC(C)(C)OC(=O)C1CC(F)(F)C[C@@H]1COS(C)(=O)=O. The van der Waals surface area contributed by atoms with Crippen molar-refractivity contribution in [3.05, 3.63) is 0 Å². The maximum atomic E-state index is 13.4. The van der Waals surface area contributed by atoms with Crippen molar-refractivity contribution in [1.82, 2.24) is 0 Å². The van der Waals surface area contributed by atoms with E-state index < -0.39 is 58.9 Å². The Bertz CT molecular complexity index is 467. The molecule has 0 aromatic rings. The Kier molecular flexibility index (Phi) is 4.80. The van der Waals surface area contributed by atoms with Gasteiger partial charge < -0.3 is 4.74 Å². The standard InChI is InChI=1S/C12H20F2O5S/c1-11(2,3)19-10(15)9-6-12(13,14)5-8(9)7-18-20(4,16)17/h8-9H,5-7H2,1-4H3/t8-,9?/m1/s1. The second-order valence-corrected chi connectivity index (χ2v) is 7.80. The van der Waals surface area contributed by atoms with E-state index in [9.17, 15) is 22.0 Å². The quantitative estimate of drug-likeness (QED) is 0.586. The van der Waals surface area contributed by atoms with Crippen LogP contribution in [0.25, 0.3) is 0 Å². The average Bonchev–Trinajstić information content (AvgIpc) is 2.47. The van der Waals surface area contributed by atoms with E-state index in [-0.39, 0.29) is 0 Å². The average molecular weight is 314 g/mol. The van der Waals surface area contributed by atoms with Gasteiger partial charge >= 0.3 is 5.97 Å². The van der Waals surface area contributed by atoms with Gasteiger partial charge in [-0.1, -0.05) is 0 Å². The molecule has 0 aliphatic heterocycles. The summed E-state index contributed by atoms with van der Waals surface area (Å²) in [5.74, 6) is -5.66. The molecule has 0 aromatic heterocycles. The molecule has 0 amide bonds. The number of ether oxygens (including phenoxy) is 1. The van der Waals surface area contributed by atoms with Crippen LogP contribution in [0.4, 0.5) is 8.78 Å². The molecule has 1 aliphatic carbocycles. The zero-order valence-electron chi connectivity index (χ0n) is 12.0. The number of alkyl halides is 2. The first-order valence-corrected chi connectivity index (χ1v) is 8.06. The molecule has 0 spiro atoms. The van der Waals surface area contributed by atoms with Crippen LogP contribution < -0.4 is 0 Å². The van der Waals surface area contributed by atoms with Crippen molar-refractivity contribution in [2.24, 2.45) is 11.8 Å². The predicted octanol–water partition coefficient (Wildman–Crippen LogP) is 1.97. The van der Waals surface area contributed by atoms with E-state index in [2.05, 4.69) is 4.18 Å². The molecule has 20 heavy (non-hydrogen) atoms. The fourth-order valence-electron chi connectivity index (χ4n) is 2.14.